The summed E-state index contributed by atoms with van der Waals surface area (Å²) in [4.78, 5) is 33.9. The van der Waals surface area contributed by atoms with Gasteiger partial charge in [-0.25, -0.2) is 4.98 Å². The number of nitrogens with one attached hydrogen (secondary N) is 1. The first kappa shape index (κ1) is 17.5. The number of rotatable bonds is 2. The molecule has 0 saturated carbocycles. The van der Waals surface area contributed by atoms with Crippen LogP contribution >= 0.6 is 0 Å². The molecule has 1 aliphatic heterocycles. The number of furan rings is 1. The third-order valence-corrected chi connectivity index (χ3v) is 5.29. The molecule has 1 unspecified atom stereocenters. The van der Waals surface area contributed by atoms with E-state index in [0.717, 1.165) is 40.6 Å². The number of nitrogens with zero attached hydrogens (tertiary/aromatic N) is 2. The molecule has 6 heteroatoms. The van der Waals surface area contributed by atoms with Crippen LogP contribution in [0.25, 0.3) is 11.0 Å². The molecule has 140 valence electrons. The molecule has 3 aromatic rings. The summed E-state index contributed by atoms with van der Waals surface area (Å²) in [7, 11) is 0. The minimum atomic E-state index is -0.149. The SMILES string of the molecule is Cc1ccc2c(C)c(C(=O)N3CCCC(c4cc(=O)[nH]c(C)n4)C3)oc2c1. The van der Waals surface area contributed by atoms with Crippen LogP contribution in [-0.2, 0) is 0 Å². The molecule has 1 atom stereocenters. The number of benzene rings is 1. The molecule has 0 spiro atoms. The molecule has 1 amide bonds. The van der Waals surface area contributed by atoms with Gasteiger partial charge in [-0.3, -0.25) is 9.59 Å². The zero-order valence-corrected chi connectivity index (χ0v) is 15.8. The van der Waals surface area contributed by atoms with Gasteiger partial charge in [0.15, 0.2) is 5.76 Å². The lowest BCUT2D eigenvalue weighted by Gasteiger charge is -2.32. The van der Waals surface area contributed by atoms with Gasteiger partial charge in [0.05, 0.1) is 5.69 Å². The van der Waals surface area contributed by atoms with E-state index in [9.17, 15) is 9.59 Å². The van der Waals surface area contributed by atoms with E-state index in [2.05, 4.69) is 9.97 Å². The maximum absolute atomic E-state index is 13.1. The van der Waals surface area contributed by atoms with Gasteiger partial charge >= 0.3 is 0 Å². The zero-order valence-electron chi connectivity index (χ0n) is 15.8. The van der Waals surface area contributed by atoms with E-state index in [-0.39, 0.29) is 17.4 Å². The summed E-state index contributed by atoms with van der Waals surface area (Å²) in [6.45, 7) is 6.94. The molecule has 0 aliphatic carbocycles. The molecule has 4 rings (SSSR count). The summed E-state index contributed by atoms with van der Waals surface area (Å²) in [5.74, 6) is 0.985. The van der Waals surface area contributed by atoms with E-state index in [1.54, 1.807) is 13.0 Å². The lowest BCUT2D eigenvalue weighted by molar-refractivity contribution is 0.0675. The minimum absolute atomic E-state index is 0.0654. The number of aromatic nitrogens is 2. The Kier molecular flexibility index (Phi) is 4.34. The molecule has 1 saturated heterocycles. The highest BCUT2D eigenvalue weighted by Crippen LogP contribution is 2.30. The highest BCUT2D eigenvalue weighted by molar-refractivity contribution is 5.99. The molecule has 0 bridgehead atoms. The molecule has 2 aromatic heterocycles. The second-order valence-electron chi connectivity index (χ2n) is 7.40. The number of likely N-dealkylation sites (tertiary alicyclic amines) is 1. The Morgan fingerprint density at radius 1 is 1.26 bits per heavy atom. The van der Waals surface area contributed by atoms with Crippen LogP contribution in [0.5, 0.6) is 0 Å². The second-order valence-corrected chi connectivity index (χ2v) is 7.40. The van der Waals surface area contributed by atoms with E-state index in [4.69, 9.17) is 4.42 Å². The molecule has 0 radical (unpaired) electrons. The van der Waals surface area contributed by atoms with E-state index >= 15 is 0 Å². The van der Waals surface area contributed by atoms with Crippen molar-refractivity contribution in [3.05, 3.63) is 63.0 Å². The predicted octanol–water partition coefficient (Wildman–Crippen LogP) is 3.46. The van der Waals surface area contributed by atoms with Gasteiger partial charge in [-0.2, -0.15) is 0 Å². The monoisotopic (exact) mass is 365 g/mol. The number of piperidine rings is 1. The van der Waals surface area contributed by atoms with Crippen LogP contribution in [0.2, 0.25) is 0 Å². The number of fused-ring (bicyclic) bond motifs is 1. The Morgan fingerprint density at radius 2 is 2.07 bits per heavy atom. The average molecular weight is 365 g/mol. The highest BCUT2D eigenvalue weighted by atomic mass is 16.3. The van der Waals surface area contributed by atoms with Crippen LogP contribution in [0, 0.1) is 20.8 Å². The van der Waals surface area contributed by atoms with Crippen LogP contribution in [0.1, 0.15) is 52.0 Å². The molecular formula is C21H23N3O3. The molecule has 6 nitrogen and oxygen atoms in total. The number of hydrogen-bond donors (Lipinski definition) is 1. The van der Waals surface area contributed by atoms with Gasteiger partial charge in [0.2, 0.25) is 0 Å². The van der Waals surface area contributed by atoms with Crippen molar-refractivity contribution in [2.24, 2.45) is 0 Å². The van der Waals surface area contributed by atoms with Crippen LogP contribution in [0.3, 0.4) is 0 Å². The number of aromatic amines is 1. The minimum Gasteiger partial charge on any atom is -0.451 e. The number of aryl methyl sites for hydroxylation is 3. The standard InChI is InChI=1S/C21H23N3O3/c1-12-6-7-16-13(2)20(27-18(16)9-12)21(26)24-8-4-5-15(11-24)17-10-19(25)23-14(3)22-17/h6-7,9-10,15H,4-5,8,11H2,1-3H3,(H,22,23,25). The van der Waals surface area contributed by atoms with Crippen LogP contribution in [0.15, 0.2) is 33.5 Å². The molecule has 1 aromatic carbocycles. The number of amides is 1. The summed E-state index contributed by atoms with van der Waals surface area (Å²) in [5, 5.41) is 0.976. The quantitative estimate of drug-likeness (QED) is 0.754. The smallest absolute Gasteiger partial charge is 0.289 e. The average Bonchev–Trinajstić information content (AvgIpc) is 2.96. The Labute approximate surface area is 157 Å². The topological polar surface area (TPSA) is 79.2 Å². The number of carbonyl (C=O) groups is 1. The van der Waals surface area contributed by atoms with Crippen molar-refractivity contribution in [2.75, 3.05) is 13.1 Å². The first-order valence-electron chi connectivity index (χ1n) is 9.29. The van der Waals surface area contributed by atoms with Crippen LogP contribution < -0.4 is 5.56 Å². The van der Waals surface area contributed by atoms with Crippen molar-refractivity contribution >= 4 is 16.9 Å². The van der Waals surface area contributed by atoms with E-state index in [0.29, 0.717) is 24.7 Å². The van der Waals surface area contributed by atoms with Crippen molar-refractivity contribution in [3.8, 4) is 0 Å². The summed E-state index contributed by atoms with van der Waals surface area (Å²) in [6.07, 6.45) is 1.79. The fourth-order valence-corrected chi connectivity index (χ4v) is 3.90. The molecule has 1 aliphatic rings. The number of carbonyl (C=O) groups excluding carboxylic acids is 1. The lowest BCUT2D eigenvalue weighted by atomic mass is 9.94. The van der Waals surface area contributed by atoms with Gasteiger partial charge in [0, 0.05) is 36.0 Å². The molecule has 1 fully saturated rings. The number of H-pyrrole nitrogens is 1. The van der Waals surface area contributed by atoms with Gasteiger partial charge in [-0.05, 0) is 45.2 Å². The van der Waals surface area contributed by atoms with Crippen molar-refractivity contribution in [3.63, 3.8) is 0 Å². The second kappa shape index (κ2) is 6.68. The largest absolute Gasteiger partial charge is 0.451 e. The van der Waals surface area contributed by atoms with Crippen molar-refractivity contribution < 1.29 is 9.21 Å². The Balaban J connectivity index is 1.62. The molecule has 1 N–H and O–H groups in total. The summed E-state index contributed by atoms with van der Waals surface area (Å²) in [6, 6.07) is 7.53. The Hall–Kier alpha value is -2.89. The van der Waals surface area contributed by atoms with Gasteiger partial charge in [-0.15, -0.1) is 0 Å². The predicted molar refractivity (Wildman–Crippen MR) is 103 cm³/mol. The van der Waals surface area contributed by atoms with Gasteiger partial charge in [-0.1, -0.05) is 12.1 Å². The summed E-state index contributed by atoms with van der Waals surface area (Å²) >= 11 is 0. The van der Waals surface area contributed by atoms with Gasteiger partial charge < -0.3 is 14.3 Å². The van der Waals surface area contributed by atoms with Crippen LogP contribution in [-0.4, -0.2) is 33.9 Å². The van der Waals surface area contributed by atoms with E-state index in [1.807, 2.05) is 36.9 Å². The fraction of sp³-hybridized carbons (Fsp3) is 0.381. The highest BCUT2D eigenvalue weighted by Gasteiger charge is 2.29. The zero-order chi connectivity index (χ0) is 19.1. The first-order chi connectivity index (χ1) is 12.9. The third kappa shape index (κ3) is 3.27. The van der Waals surface area contributed by atoms with Crippen molar-refractivity contribution in [1.29, 1.82) is 0 Å². The maximum atomic E-state index is 13.1. The normalized spacial score (nSPS) is 17.4. The van der Waals surface area contributed by atoms with Crippen LogP contribution in [0.4, 0.5) is 0 Å². The molecule has 27 heavy (non-hydrogen) atoms. The Bertz CT molecular complexity index is 1080. The Morgan fingerprint density at radius 3 is 2.85 bits per heavy atom. The fourth-order valence-electron chi connectivity index (χ4n) is 3.90. The van der Waals surface area contributed by atoms with Gasteiger partial charge in [0.1, 0.15) is 11.4 Å². The summed E-state index contributed by atoms with van der Waals surface area (Å²) in [5.41, 5.74) is 3.33. The molecule has 3 heterocycles. The first-order valence-corrected chi connectivity index (χ1v) is 9.29. The van der Waals surface area contributed by atoms with E-state index < -0.39 is 0 Å². The third-order valence-electron chi connectivity index (χ3n) is 5.29. The maximum Gasteiger partial charge on any atom is 0.289 e. The molecular weight excluding hydrogens is 342 g/mol. The van der Waals surface area contributed by atoms with E-state index in [1.165, 1.54) is 0 Å². The van der Waals surface area contributed by atoms with Crippen molar-refractivity contribution in [2.45, 2.75) is 39.5 Å². The summed E-state index contributed by atoms with van der Waals surface area (Å²) < 4.78 is 5.91. The van der Waals surface area contributed by atoms with Gasteiger partial charge in [0.25, 0.3) is 11.5 Å². The van der Waals surface area contributed by atoms with Crippen molar-refractivity contribution in [1.82, 2.24) is 14.9 Å². The lowest BCUT2D eigenvalue weighted by Crippen LogP contribution is -2.39. The number of hydrogen-bond acceptors (Lipinski definition) is 4.